The number of nitrogens with one attached hydrogen (secondary N) is 1. The minimum absolute atomic E-state index is 0.154. The molecule has 3 rings (SSSR count). The number of urea groups is 1. The maximum Gasteiger partial charge on any atom is 0.322 e. The lowest BCUT2D eigenvalue weighted by Gasteiger charge is -2.28. The van der Waals surface area contributed by atoms with Crippen molar-refractivity contribution < 1.29 is 14.3 Å². The third kappa shape index (κ3) is 5.14. The Balaban J connectivity index is 1.66. The zero-order valence-electron chi connectivity index (χ0n) is 17.2. The lowest BCUT2D eigenvalue weighted by Crippen LogP contribution is -2.44. The first-order valence-corrected chi connectivity index (χ1v) is 10.2. The first-order valence-electron chi connectivity index (χ1n) is 9.81. The Hall–Kier alpha value is -2.44. The van der Waals surface area contributed by atoms with Crippen molar-refractivity contribution in [3.05, 3.63) is 53.1 Å². The smallest absolute Gasteiger partial charge is 0.322 e. The maximum absolute atomic E-state index is 13.0. The number of hydrogen-bond acceptors (Lipinski definition) is 4. The molecule has 6 nitrogen and oxygen atoms in total. The quantitative estimate of drug-likeness (QED) is 0.721. The summed E-state index contributed by atoms with van der Waals surface area (Å²) in [6, 6.07) is 13.8. The molecule has 2 aromatic rings. The fourth-order valence-electron chi connectivity index (χ4n) is 3.76. The summed E-state index contributed by atoms with van der Waals surface area (Å²) in [5, 5.41) is 3.37. The Morgan fingerprint density at radius 2 is 1.93 bits per heavy atom. The molecule has 0 aromatic heterocycles. The number of carbonyl (C=O) groups excluding carboxylic acids is 1. The Morgan fingerprint density at radius 3 is 2.59 bits per heavy atom. The number of likely N-dealkylation sites (N-methyl/N-ethyl adjacent to an activating group) is 1. The van der Waals surface area contributed by atoms with E-state index < -0.39 is 0 Å². The molecule has 1 N–H and O–H groups in total. The van der Waals surface area contributed by atoms with E-state index in [0.717, 1.165) is 26.1 Å². The van der Waals surface area contributed by atoms with E-state index in [1.54, 1.807) is 26.4 Å². The second-order valence-corrected chi connectivity index (χ2v) is 7.47. The van der Waals surface area contributed by atoms with E-state index >= 15 is 0 Å². The maximum atomic E-state index is 13.0. The molecule has 7 heteroatoms. The first-order chi connectivity index (χ1) is 14.0. The third-order valence-electron chi connectivity index (χ3n) is 5.25. The molecule has 0 bridgehead atoms. The zero-order chi connectivity index (χ0) is 20.8. The van der Waals surface area contributed by atoms with Crippen LogP contribution in [0, 0.1) is 0 Å². The van der Waals surface area contributed by atoms with Gasteiger partial charge >= 0.3 is 6.03 Å². The van der Waals surface area contributed by atoms with Crippen LogP contribution < -0.4 is 14.8 Å². The molecule has 29 heavy (non-hydrogen) atoms. The van der Waals surface area contributed by atoms with Gasteiger partial charge in [-0.05, 0) is 25.0 Å². The molecular weight excluding hydrogens is 390 g/mol. The van der Waals surface area contributed by atoms with Gasteiger partial charge in [0.05, 0.1) is 24.9 Å². The number of rotatable bonds is 7. The van der Waals surface area contributed by atoms with Crippen LogP contribution in [-0.4, -0.2) is 55.7 Å². The predicted octanol–water partition coefficient (Wildman–Crippen LogP) is 4.49. The standard InChI is InChI=1S/C22H28ClN3O3/c1-4-26(17-10-11-25(15-17)14-16-8-6-5-7-9-16)22(27)24-19-12-18(23)20(28-2)13-21(19)29-3/h5-9,12-13,17H,4,10-11,14-15H2,1-3H3,(H,24,27). The molecular formula is C22H28ClN3O3. The van der Waals surface area contributed by atoms with Crippen LogP contribution >= 0.6 is 11.6 Å². The highest BCUT2D eigenvalue weighted by molar-refractivity contribution is 6.32. The molecule has 1 aliphatic heterocycles. The van der Waals surface area contributed by atoms with Crippen LogP contribution in [0.5, 0.6) is 11.5 Å². The molecule has 156 valence electrons. The van der Waals surface area contributed by atoms with Crippen molar-refractivity contribution in [1.29, 1.82) is 0 Å². The summed E-state index contributed by atoms with van der Waals surface area (Å²) in [7, 11) is 3.09. The molecule has 0 aliphatic carbocycles. The molecule has 1 aliphatic rings. The zero-order valence-corrected chi connectivity index (χ0v) is 17.9. The van der Waals surface area contributed by atoms with Crippen molar-refractivity contribution in [3.8, 4) is 11.5 Å². The second-order valence-electron chi connectivity index (χ2n) is 7.07. The minimum atomic E-state index is -0.154. The van der Waals surface area contributed by atoms with Crippen LogP contribution in [0.3, 0.4) is 0 Å². The van der Waals surface area contributed by atoms with E-state index in [2.05, 4.69) is 34.5 Å². The summed E-state index contributed by atoms with van der Waals surface area (Å²) in [4.78, 5) is 17.3. The highest BCUT2D eigenvalue weighted by atomic mass is 35.5. The van der Waals surface area contributed by atoms with Gasteiger partial charge in [-0.25, -0.2) is 4.79 Å². The van der Waals surface area contributed by atoms with Crippen molar-refractivity contribution in [2.45, 2.75) is 25.9 Å². The average molecular weight is 418 g/mol. The van der Waals surface area contributed by atoms with Gasteiger partial charge in [-0.1, -0.05) is 41.9 Å². The molecule has 1 saturated heterocycles. The number of anilines is 1. The van der Waals surface area contributed by atoms with Gasteiger partial charge in [-0.3, -0.25) is 4.90 Å². The Labute approximate surface area is 177 Å². The number of likely N-dealkylation sites (tertiary alicyclic amines) is 1. The fraction of sp³-hybridized carbons (Fsp3) is 0.409. The normalized spacial score (nSPS) is 16.5. The van der Waals surface area contributed by atoms with Crippen LogP contribution in [0.4, 0.5) is 10.5 Å². The molecule has 0 saturated carbocycles. The van der Waals surface area contributed by atoms with E-state index in [4.69, 9.17) is 21.1 Å². The molecule has 2 amide bonds. The Morgan fingerprint density at radius 1 is 1.21 bits per heavy atom. The molecule has 1 atom stereocenters. The van der Waals surface area contributed by atoms with Crippen molar-refractivity contribution in [3.63, 3.8) is 0 Å². The number of hydrogen-bond donors (Lipinski definition) is 1. The topological polar surface area (TPSA) is 54.0 Å². The summed E-state index contributed by atoms with van der Waals surface area (Å²) in [5.74, 6) is 1.01. The largest absolute Gasteiger partial charge is 0.495 e. The lowest BCUT2D eigenvalue weighted by molar-refractivity contribution is 0.189. The van der Waals surface area contributed by atoms with Crippen LogP contribution in [0.2, 0.25) is 5.02 Å². The van der Waals surface area contributed by atoms with Gasteiger partial charge in [0.15, 0.2) is 0 Å². The van der Waals surface area contributed by atoms with Gasteiger partial charge in [-0.2, -0.15) is 0 Å². The molecule has 1 fully saturated rings. The molecule has 0 radical (unpaired) electrons. The number of nitrogens with zero attached hydrogens (tertiary/aromatic N) is 2. The number of benzene rings is 2. The van der Waals surface area contributed by atoms with Crippen molar-refractivity contribution >= 4 is 23.3 Å². The van der Waals surface area contributed by atoms with E-state index in [0.29, 0.717) is 28.8 Å². The lowest BCUT2D eigenvalue weighted by atomic mass is 10.2. The van der Waals surface area contributed by atoms with Gasteiger partial charge < -0.3 is 19.7 Å². The summed E-state index contributed by atoms with van der Waals surface area (Å²) in [6.07, 6.45) is 0.953. The fourth-order valence-corrected chi connectivity index (χ4v) is 4.01. The molecule has 0 spiro atoms. The predicted molar refractivity (Wildman–Crippen MR) is 116 cm³/mol. The van der Waals surface area contributed by atoms with E-state index in [1.807, 2.05) is 17.9 Å². The SMILES string of the molecule is CCN(C(=O)Nc1cc(Cl)c(OC)cc1OC)C1CCN(Cc2ccccc2)C1. The van der Waals surface area contributed by atoms with Gasteiger partial charge in [-0.15, -0.1) is 0 Å². The van der Waals surface area contributed by atoms with Gasteiger partial charge in [0.2, 0.25) is 0 Å². The number of ether oxygens (including phenoxy) is 2. The highest BCUT2D eigenvalue weighted by Crippen LogP contribution is 2.36. The minimum Gasteiger partial charge on any atom is -0.495 e. The van der Waals surface area contributed by atoms with Crippen LogP contribution in [-0.2, 0) is 6.54 Å². The van der Waals surface area contributed by atoms with Gasteiger partial charge in [0.25, 0.3) is 0 Å². The highest BCUT2D eigenvalue weighted by Gasteiger charge is 2.30. The third-order valence-corrected chi connectivity index (χ3v) is 5.55. The van der Waals surface area contributed by atoms with Gasteiger partial charge in [0.1, 0.15) is 11.5 Å². The molecule has 1 unspecified atom stereocenters. The Bertz CT molecular complexity index is 832. The van der Waals surface area contributed by atoms with Crippen molar-refractivity contribution in [2.75, 3.05) is 39.2 Å². The second kappa shape index (κ2) is 9.85. The average Bonchev–Trinajstić information content (AvgIpc) is 3.17. The number of halogens is 1. The molecule has 2 aromatic carbocycles. The van der Waals surface area contributed by atoms with Crippen LogP contribution in [0.25, 0.3) is 0 Å². The Kier molecular flexibility index (Phi) is 7.23. The van der Waals surface area contributed by atoms with Gasteiger partial charge in [0, 0.05) is 38.3 Å². The monoisotopic (exact) mass is 417 g/mol. The van der Waals surface area contributed by atoms with Crippen LogP contribution in [0.1, 0.15) is 18.9 Å². The van der Waals surface area contributed by atoms with E-state index in [9.17, 15) is 4.79 Å². The summed E-state index contributed by atoms with van der Waals surface area (Å²) in [6.45, 7) is 5.36. The summed E-state index contributed by atoms with van der Waals surface area (Å²) < 4.78 is 10.6. The van der Waals surface area contributed by atoms with E-state index in [-0.39, 0.29) is 12.1 Å². The number of amides is 2. The molecule has 1 heterocycles. The number of methoxy groups -OCH3 is 2. The first kappa shape index (κ1) is 21.3. The summed E-state index contributed by atoms with van der Waals surface area (Å²) in [5.41, 5.74) is 1.82. The van der Waals surface area contributed by atoms with E-state index in [1.165, 1.54) is 5.56 Å². The summed E-state index contributed by atoms with van der Waals surface area (Å²) >= 11 is 6.23. The number of carbonyl (C=O) groups is 1. The van der Waals surface area contributed by atoms with Crippen LogP contribution in [0.15, 0.2) is 42.5 Å². The van der Waals surface area contributed by atoms with Crippen molar-refractivity contribution in [2.24, 2.45) is 0 Å². The van der Waals surface area contributed by atoms with Crippen molar-refractivity contribution in [1.82, 2.24) is 9.80 Å².